The number of aryl methyl sites for hydroxylation is 1. The summed E-state index contributed by atoms with van der Waals surface area (Å²) in [5.41, 5.74) is 9.14. The smallest absolute Gasteiger partial charge is 0.139 e. The Hall–Kier alpha value is -1.62. The van der Waals surface area contributed by atoms with E-state index in [1.165, 1.54) is 6.07 Å². The fraction of sp³-hybridized carbons (Fsp3) is 0.267. The van der Waals surface area contributed by atoms with Crippen molar-refractivity contribution >= 4 is 27.3 Å². The fourth-order valence-corrected chi connectivity index (χ4v) is 2.44. The molecule has 2 aromatic rings. The van der Waals surface area contributed by atoms with Gasteiger partial charge in [-0.15, -0.1) is 0 Å². The standard InChI is InChI=1S/C15H17BrFN3/c1-3-20(9-11-6-4-5-10(2)19-11)15-8-13(17)12(16)7-14(15)18/h4-8H,3,9,18H2,1-2H3. The normalized spacial score (nSPS) is 10.6. The molecule has 0 saturated carbocycles. The van der Waals surface area contributed by atoms with Crippen LogP contribution in [-0.4, -0.2) is 11.5 Å². The van der Waals surface area contributed by atoms with Crippen LogP contribution in [0.1, 0.15) is 18.3 Å². The molecule has 0 spiro atoms. The number of rotatable bonds is 4. The summed E-state index contributed by atoms with van der Waals surface area (Å²) in [6.45, 7) is 5.28. The SMILES string of the molecule is CCN(Cc1cccc(C)n1)c1cc(F)c(Br)cc1N. The first-order chi connectivity index (χ1) is 9.51. The fourth-order valence-electron chi connectivity index (χ4n) is 2.08. The second-order valence-corrected chi connectivity index (χ2v) is 5.46. The number of benzene rings is 1. The van der Waals surface area contributed by atoms with Crippen LogP contribution < -0.4 is 10.6 Å². The van der Waals surface area contributed by atoms with Crippen molar-refractivity contribution in [3.63, 3.8) is 0 Å². The third-order valence-corrected chi connectivity index (χ3v) is 3.70. The number of nitrogen functional groups attached to an aromatic ring is 1. The average Bonchev–Trinajstić information content (AvgIpc) is 2.40. The zero-order chi connectivity index (χ0) is 14.7. The van der Waals surface area contributed by atoms with Gasteiger partial charge in [0.05, 0.1) is 28.1 Å². The lowest BCUT2D eigenvalue weighted by molar-refractivity contribution is 0.620. The molecule has 0 aliphatic heterocycles. The van der Waals surface area contributed by atoms with E-state index < -0.39 is 0 Å². The van der Waals surface area contributed by atoms with Crippen LogP contribution in [-0.2, 0) is 6.54 Å². The van der Waals surface area contributed by atoms with Gasteiger partial charge in [0, 0.05) is 18.3 Å². The molecule has 1 aromatic carbocycles. The van der Waals surface area contributed by atoms with Crippen LogP contribution in [0, 0.1) is 12.7 Å². The minimum atomic E-state index is -0.315. The second-order valence-electron chi connectivity index (χ2n) is 4.61. The number of halogens is 2. The molecule has 0 amide bonds. The van der Waals surface area contributed by atoms with Crippen molar-refractivity contribution in [2.24, 2.45) is 0 Å². The van der Waals surface area contributed by atoms with Gasteiger partial charge in [-0.1, -0.05) is 6.07 Å². The van der Waals surface area contributed by atoms with E-state index in [0.29, 0.717) is 22.4 Å². The van der Waals surface area contributed by atoms with E-state index in [0.717, 1.165) is 17.9 Å². The highest BCUT2D eigenvalue weighted by Gasteiger charge is 2.13. The van der Waals surface area contributed by atoms with Gasteiger partial charge in [-0.05, 0) is 48.0 Å². The summed E-state index contributed by atoms with van der Waals surface area (Å²) in [6.07, 6.45) is 0. The predicted molar refractivity (Wildman–Crippen MR) is 84.2 cm³/mol. The summed E-state index contributed by atoms with van der Waals surface area (Å²) in [7, 11) is 0. The molecular weight excluding hydrogens is 321 g/mol. The maximum Gasteiger partial charge on any atom is 0.139 e. The molecular formula is C15H17BrFN3. The highest BCUT2D eigenvalue weighted by atomic mass is 79.9. The van der Waals surface area contributed by atoms with Gasteiger partial charge in [-0.3, -0.25) is 4.98 Å². The van der Waals surface area contributed by atoms with Crippen molar-refractivity contribution in [1.82, 2.24) is 4.98 Å². The van der Waals surface area contributed by atoms with E-state index in [2.05, 4.69) is 20.9 Å². The Labute approximate surface area is 126 Å². The van der Waals surface area contributed by atoms with Crippen molar-refractivity contribution in [3.8, 4) is 0 Å². The Morgan fingerprint density at radius 1 is 1.35 bits per heavy atom. The molecule has 106 valence electrons. The molecule has 3 nitrogen and oxygen atoms in total. The molecule has 1 aromatic heterocycles. The molecule has 0 unspecified atom stereocenters. The molecule has 2 rings (SSSR count). The van der Waals surface area contributed by atoms with Gasteiger partial charge in [0.25, 0.3) is 0 Å². The lowest BCUT2D eigenvalue weighted by Gasteiger charge is -2.24. The van der Waals surface area contributed by atoms with Crippen molar-refractivity contribution < 1.29 is 4.39 Å². The van der Waals surface area contributed by atoms with E-state index in [1.54, 1.807) is 6.07 Å². The van der Waals surface area contributed by atoms with Crippen LogP contribution in [0.3, 0.4) is 0 Å². The topological polar surface area (TPSA) is 42.2 Å². The molecule has 2 N–H and O–H groups in total. The largest absolute Gasteiger partial charge is 0.397 e. The van der Waals surface area contributed by atoms with E-state index in [9.17, 15) is 4.39 Å². The first-order valence-corrected chi connectivity index (χ1v) is 7.22. The maximum atomic E-state index is 13.7. The molecule has 1 heterocycles. The van der Waals surface area contributed by atoms with E-state index in [1.807, 2.05) is 36.9 Å². The highest BCUT2D eigenvalue weighted by molar-refractivity contribution is 9.10. The molecule has 0 atom stereocenters. The Kier molecular flexibility index (Phi) is 4.60. The molecule has 0 aliphatic rings. The Morgan fingerprint density at radius 3 is 2.75 bits per heavy atom. The minimum absolute atomic E-state index is 0.315. The summed E-state index contributed by atoms with van der Waals surface area (Å²) in [6, 6.07) is 8.93. The molecule has 0 saturated heterocycles. The van der Waals surface area contributed by atoms with Crippen LogP contribution in [0.2, 0.25) is 0 Å². The number of nitrogens with two attached hydrogens (primary N) is 1. The zero-order valence-corrected chi connectivity index (χ0v) is 13.1. The van der Waals surface area contributed by atoms with Gasteiger partial charge < -0.3 is 10.6 Å². The summed E-state index contributed by atoms with van der Waals surface area (Å²) < 4.78 is 14.1. The molecule has 0 radical (unpaired) electrons. The summed E-state index contributed by atoms with van der Waals surface area (Å²) in [4.78, 5) is 6.48. The van der Waals surface area contributed by atoms with Gasteiger partial charge >= 0.3 is 0 Å². The zero-order valence-electron chi connectivity index (χ0n) is 11.5. The summed E-state index contributed by atoms with van der Waals surface area (Å²) in [5, 5.41) is 0. The van der Waals surface area contributed by atoms with Crippen LogP contribution >= 0.6 is 15.9 Å². The average molecular weight is 338 g/mol. The van der Waals surface area contributed by atoms with E-state index in [4.69, 9.17) is 5.73 Å². The minimum Gasteiger partial charge on any atom is -0.397 e. The number of pyridine rings is 1. The first-order valence-electron chi connectivity index (χ1n) is 6.43. The van der Waals surface area contributed by atoms with E-state index >= 15 is 0 Å². The van der Waals surface area contributed by atoms with Crippen LogP contribution in [0.15, 0.2) is 34.8 Å². The van der Waals surface area contributed by atoms with Crippen LogP contribution in [0.4, 0.5) is 15.8 Å². The van der Waals surface area contributed by atoms with Gasteiger partial charge in [-0.25, -0.2) is 4.39 Å². The van der Waals surface area contributed by atoms with E-state index in [-0.39, 0.29) is 5.82 Å². The number of hydrogen-bond acceptors (Lipinski definition) is 3. The maximum absolute atomic E-state index is 13.7. The first kappa shape index (κ1) is 14.8. The lowest BCUT2D eigenvalue weighted by Crippen LogP contribution is -2.24. The number of hydrogen-bond donors (Lipinski definition) is 1. The molecule has 5 heteroatoms. The van der Waals surface area contributed by atoms with Gasteiger partial charge in [0.2, 0.25) is 0 Å². The quantitative estimate of drug-likeness (QED) is 0.860. The molecule has 20 heavy (non-hydrogen) atoms. The predicted octanol–water partition coefficient (Wildman–Crippen LogP) is 3.90. The van der Waals surface area contributed by atoms with Crippen LogP contribution in [0.25, 0.3) is 0 Å². The van der Waals surface area contributed by atoms with Crippen LogP contribution in [0.5, 0.6) is 0 Å². The molecule has 0 aliphatic carbocycles. The molecule has 0 fully saturated rings. The van der Waals surface area contributed by atoms with Gasteiger partial charge in [0.15, 0.2) is 0 Å². The highest BCUT2D eigenvalue weighted by Crippen LogP contribution is 2.30. The Balaban J connectivity index is 2.31. The monoisotopic (exact) mass is 337 g/mol. The summed E-state index contributed by atoms with van der Waals surface area (Å²) in [5.74, 6) is -0.315. The van der Waals surface area contributed by atoms with Crippen molar-refractivity contribution in [3.05, 3.63) is 52.0 Å². The lowest BCUT2D eigenvalue weighted by atomic mass is 10.2. The van der Waals surface area contributed by atoms with Crippen molar-refractivity contribution in [2.45, 2.75) is 20.4 Å². The number of anilines is 2. The Morgan fingerprint density at radius 2 is 2.10 bits per heavy atom. The van der Waals surface area contributed by atoms with Gasteiger partial charge in [0.1, 0.15) is 5.82 Å². The molecule has 0 bridgehead atoms. The van der Waals surface area contributed by atoms with Crippen molar-refractivity contribution in [2.75, 3.05) is 17.2 Å². The van der Waals surface area contributed by atoms with Crippen molar-refractivity contribution in [1.29, 1.82) is 0 Å². The number of aromatic nitrogens is 1. The third-order valence-electron chi connectivity index (χ3n) is 3.09. The number of nitrogens with zero attached hydrogens (tertiary/aromatic N) is 2. The second kappa shape index (κ2) is 6.22. The van der Waals surface area contributed by atoms with Gasteiger partial charge in [-0.2, -0.15) is 0 Å². The Bertz CT molecular complexity index is 616. The summed E-state index contributed by atoms with van der Waals surface area (Å²) >= 11 is 3.14. The third kappa shape index (κ3) is 3.28.